The van der Waals surface area contributed by atoms with E-state index in [-0.39, 0.29) is 11.6 Å². The summed E-state index contributed by atoms with van der Waals surface area (Å²) in [5.41, 5.74) is 7.59. The van der Waals surface area contributed by atoms with Crippen molar-refractivity contribution in [2.24, 2.45) is 5.73 Å². The highest BCUT2D eigenvalue weighted by molar-refractivity contribution is 5.45. The van der Waals surface area contributed by atoms with Crippen molar-refractivity contribution in [3.8, 4) is 11.5 Å². The Morgan fingerprint density at radius 2 is 1.82 bits per heavy atom. The molecule has 1 aliphatic carbocycles. The first-order valence-corrected chi connectivity index (χ1v) is 8.43. The highest BCUT2D eigenvalue weighted by atomic mass is 16.5. The first-order chi connectivity index (χ1) is 10.7. The first-order valence-electron chi connectivity index (χ1n) is 8.43. The van der Waals surface area contributed by atoms with Crippen LogP contribution in [-0.4, -0.2) is 26.4 Å². The predicted octanol–water partition coefficient (Wildman–Crippen LogP) is 3.37. The molecular formula is C18H27NO3. The van der Waals surface area contributed by atoms with Crippen molar-refractivity contribution in [1.82, 2.24) is 0 Å². The molecule has 4 heteroatoms. The smallest absolute Gasteiger partial charge is 0.161 e. The van der Waals surface area contributed by atoms with E-state index in [4.69, 9.17) is 19.9 Å². The van der Waals surface area contributed by atoms with Gasteiger partial charge in [-0.2, -0.15) is 0 Å². The maximum Gasteiger partial charge on any atom is 0.161 e. The highest BCUT2D eigenvalue weighted by Gasteiger charge is 2.30. The average molecular weight is 305 g/mol. The van der Waals surface area contributed by atoms with Crippen molar-refractivity contribution < 1.29 is 14.2 Å². The summed E-state index contributed by atoms with van der Waals surface area (Å²) in [5.74, 6) is 1.61. The van der Waals surface area contributed by atoms with Gasteiger partial charge < -0.3 is 19.9 Å². The standard InChI is InChI=1S/C18H27NO3/c1-20-17-13-14(18(19)9-3-2-4-10-18)5-6-16(17)22-15-7-11-21-12-8-15/h5-6,13,15H,2-4,7-12,19H2,1H3. The van der Waals surface area contributed by atoms with Gasteiger partial charge in [0.15, 0.2) is 11.5 Å². The van der Waals surface area contributed by atoms with Crippen molar-refractivity contribution in [2.75, 3.05) is 20.3 Å². The number of nitrogens with two attached hydrogens (primary N) is 1. The van der Waals surface area contributed by atoms with E-state index in [1.54, 1.807) is 7.11 Å². The van der Waals surface area contributed by atoms with Gasteiger partial charge >= 0.3 is 0 Å². The zero-order valence-electron chi connectivity index (χ0n) is 13.5. The van der Waals surface area contributed by atoms with Crippen LogP contribution in [0.1, 0.15) is 50.5 Å². The van der Waals surface area contributed by atoms with Crippen molar-refractivity contribution in [3.63, 3.8) is 0 Å². The van der Waals surface area contributed by atoms with Gasteiger partial charge in [0.2, 0.25) is 0 Å². The molecule has 0 unspecified atom stereocenters. The van der Waals surface area contributed by atoms with Gasteiger partial charge in [-0.3, -0.25) is 0 Å². The number of hydrogen-bond donors (Lipinski definition) is 1. The normalized spacial score (nSPS) is 22.3. The summed E-state index contributed by atoms with van der Waals surface area (Å²) in [6.45, 7) is 1.55. The molecule has 22 heavy (non-hydrogen) atoms. The molecule has 1 saturated carbocycles. The number of methoxy groups -OCH3 is 1. The molecule has 1 heterocycles. The number of hydrogen-bond acceptors (Lipinski definition) is 4. The third-order valence-electron chi connectivity index (χ3n) is 4.95. The molecule has 0 aromatic heterocycles. The van der Waals surface area contributed by atoms with Crippen molar-refractivity contribution in [1.29, 1.82) is 0 Å². The van der Waals surface area contributed by atoms with Gasteiger partial charge in [0.1, 0.15) is 6.10 Å². The van der Waals surface area contributed by atoms with Crippen LogP contribution >= 0.6 is 0 Å². The lowest BCUT2D eigenvalue weighted by molar-refractivity contribution is 0.0245. The monoisotopic (exact) mass is 305 g/mol. The van der Waals surface area contributed by atoms with E-state index >= 15 is 0 Å². The fourth-order valence-corrected chi connectivity index (χ4v) is 3.52. The third-order valence-corrected chi connectivity index (χ3v) is 4.95. The summed E-state index contributed by atoms with van der Waals surface area (Å²) in [6.07, 6.45) is 7.90. The van der Waals surface area contributed by atoms with Gasteiger partial charge in [-0.1, -0.05) is 25.3 Å². The Kier molecular flexibility index (Phi) is 4.89. The largest absolute Gasteiger partial charge is 0.493 e. The van der Waals surface area contributed by atoms with E-state index in [0.717, 1.165) is 50.4 Å². The molecule has 0 spiro atoms. The van der Waals surface area contributed by atoms with E-state index in [1.165, 1.54) is 24.8 Å². The molecule has 0 amide bonds. The molecule has 4 nitrogen and oxygen atoms in total. The molecular weight excluding hydrogens is 278 g/mol. The summed E-state index contributed by atoms with van der Waals surface area (Å²) >= 11 is 0. The maximum atomic E-state index is 6.63. The molecule has 1 aliphatic heterocycles. The molecule has 0 radical (unpaired) electrons. The van der Waals surface area contributed by atoms with Crippen molar-refractivity contribution >= 4 is 0 Å². The summed E-state index contributed by atoms with van der Waals surface area (Å²) in [4.78, 5) is 0. The minimum Gasteiger partial charge on any atom is -0.493 e. The Balaban J connectivity index is 1.77. The maximum absolute atomic E-state index is 6.63. The topological polar surface area (TPSA) is 53.7 Å². The number of benzene rings is 1. The quantitative estimate of drug-likeness (QED) is 0.926. The minimum atomic E-state index is -0.206. The number of ether oxygens (including phenoxy) is 3. The fraction of sp³-hybridized carbons (Fsp3) is 0.667. The molecule has 3 rings (SSSR count). The second-order valence-electron chi connectivity index (χ2n) is 6.51. The van der Waals surface area contributed by atoms with E-state index in [0.29, 0.717) is 0 Å². The summed E-state index contributed by atoms with van der Waals surface area (Å²) in [5, 5.41) is 0. The molecule has 1 aromatic rings. The van der Waals surface area contributed by atoms with Crippen LogP contribution in [0.25, 0.3) is 0 Å². The van der Waals surface area contributed by atoms with Gasteiger partial charge in [0, 0.05) is 18.4 Å². The van der Waals surface area contributed by atoms with Crippen LogP contribution in [0.3, 0.4) is 0 Å². The molecule has 2 aliphatic rings. The predicted molar refractivity (Wildman–Crippen MR) is 86.4 cm³/mol. The zero-order chi connectivity index (χ0) is 15.4. The van der Waals surface area contributed by atoms with E-state index in [9.17, 15) is 0 Å². The van der Waals surface area contributed by atoms with Crippen LogP contribution in [0.4, 0.5) is 0 Å². The van der Waals surface area contributed by atoms with Crippen LogP contribution < -0.4 is 15.2 Å². The van der Waals surface area contributed by atoms with Crippen molar-refractivity contribution in [2.45, 2.75) is 56.6 Å². The Labute approximate surface area is 132 Å². The minimum absolute atomic E-state index is 0.206. The van der Waals surface area contributed by atoms with Gasteiger partial charge in [0.05, 0.1) is 20.3 Å². The highest BCUT2D eigenvalue weighted by Crippen LogP contribution is 2.39. The van der Waals surface area contributed by atoms with Gasteiger partial charge in [-0.05, 0) is 30.5 Å². The summed E-state index contributed by atoms with van der Waals surface area (Å²) in [6, 6.07) is 6.20. The van der Waals surface area contributed by atoms with Crippen molar-refractivity contribution in [3.05, 3.63) is 23.8 Å². The van der Waals surface area contributed by atoms with E-state index < -0.39 is 0 Å². The van der Waals surface area contributed by atoms with E-state index in [2.05, 4.69) is 12.1 Å². The molecule has 1 saturated heterocycles. The lowest BCUT2D eigenvalue weighted by atomic mass is 9.77. The van der Waals surface area contributed by atoms with Crippen LogP contribution in [0.15, 0.2) is 18.2 Å². The Morgan fingerprint density at radius 1 is 1.09 bits per heavy atom. The second-order valence-corrected chi connectivity index (χ2v) is 6.51. The van der Waals surface area contributed by atoms with E-state index in [1.807, 2.05) is 6.07 Å². The lowest BCUT2D eigenvalue weighted by Gasteiger charge is -2.34. The van der Waals surface area contributed by atoms with Crippen LogP contribution in [-0.2, 0) is 10.3 Å². The van der Waals surface area contributed by atoms with Crippen LogP contribution in [0.5, 0.6) is 11.5 Å². The molecule has 2 N–H and O–H groups in total. The zero-order valence-corrected chi connectivity index (χ0v) is 13.5. The SMILES string of the molecule is COc1cc(C2(N)CCCCC2)ccc1OC1CCOCC1. The van der Waals surface area contributed by atoms with Crippen LogP contribution in [0, 0.1) is 0 Å². The number of rotatable bonds is 4. The fourth-order valence-electron chi connectivity index (χ4n) is 3.52. The molecule has 122 valence electrons. The molecule has 0 bridgehead atoms. The Hall–Kier alpha value is -1.26. The van der Waals surface area contributed by atoms with Gasteiger partial charge in [-0.15, -0.1) is 0 Å². The molecule has 1 aromatic carbocycles. The summed E-state index contributed by atoms with van der Waals surface area (Å²) < 4.78 is 17.0. The molecule has 2 fully saturated rings. The second kappa shape index (κ2) is 6.88. The van der Waals surface area contributed by atoms with Gasteiger partial charge in [-0.25, -0.2) is 0 Å². The lowest BCUT2D eigenvalue weighted by Crippen LogP contribution is -2.38. The average Bonchev–Trinajstić information content (AvgIpc) is 2.57. The summed E-state index contributed by atoms with van der Waals surface area (Å²) in [7, 11) is 1.69. The molecule has 0 atom stereocenters. The Morgan fingerprint density at radius 3 is 2.50 bits per heavy atom. The van der Waals surface area contributed by atoms with Crippen LogP contribution in [0.2, 0.25) is 0 Å². The van der Waals surface area contributed by atoms with Gasteiger partial charge in [0.25, 0.3) is 0 Å². The Bertz CT molecular complexity index is 491. The third kappa shape index (κ3) is 3.39. The first kappa shape index (κ1) is 15.6.